The van der Waals surface area contributed by atoms with Crippen molar-refractivity contribution in [3.8, 4) is 0 Å². The lowest BCUT2D eigenvalue weighted by Gasteiger charge is -2.17. The molecule has 1 rings (SSSR count). The normalized spacial score (nSPS) is 10.6. The molecule has 0 bridgehead atoms. The van der Waals surface area contributed by atoms with Gasteiger partial charge in [-0.3, -0.25) is 4.79 Å². The number of alkyl halides is 2. The molecular weight excluding hydrogens is 287 g/mol. The number of halogens is 4. The molecular formula is C10H9BrF3NO. The Kier molecular flexibility index (Phi) is 4.35. The third-order valence-corrected chi connectivity index (χ3v) is 2.61. The quantitative estimate of drug-likeness (QED) is 0.840. The second-order valence-electron chi connectivity index (χ2n) is 3.20. The molecule has 1 aromatic rings. The molecule has 0 radical (unpaired) electrons. The lowest BCUT2D eigenvalue weighted by atomic mass is 10.2. The van der Waals surface area contributed by atoms with Crippen molar-refractivity contribution in [2.45, 2.75) is 6.43 Å². The van der Waals surface area contributed by atoms with E-state index >= 15 is 0 Å². The van der Waals surface area contributed by atoms with Crippen LogP contribution in [0, 0.1) is 5.82 Å². The molecule has 1 aromatic carbocycles. The van der Waals surface area contributed by atoms with Crippen molar-refractivity contribution in [1.82, 2.24) is 4.90 Å². The topological polar surface area (TPSA) is 20.3 Å². The number of rotatable bonds is 3. The minimum Gasteiger partial charge on any atom is -0.336 e. The number of carbonyl (C=O) groups is 1. The van der Waals surface area contributed by atoms with Crippen LogP contribution >= 0.6 is 15.9 Å². The summed E-state index contributed by atoms with van der Waals surface area (Å²) < 4.78 is 37.4. The van der Waals surface area contributed by atoms with Gasteiger partial charge < -0.3 is 4.90 Å². The first kappa shape index (κ1) is 13.0. The highest BCUT2D eigenvalue weighted by atomic mass is 79.9. The zero-order chi connectivity index (χ0) is 12.3. The summed E-state index contributed by atoms with van der Waals surface area (Å²) in [6.45, 7) is -0.679. The zero-order valence-electron chi connectivity index (χ0n) is 8.38. The molecule has 0 aliphatic carbocycles. The highest BCUT2D eigenvalue weighted by Gasteiger charge is 2.18. The molecule has 0 fully saturated rings. The van der Waals surface area contributed by atoms with Gasteiger partial charge in [0.2, 0.25) is 0 Å². The second kappa shape index (κ2) is 5.34. The Morgan fingerprint density at radius 3 is 2.69 bits per heavy atom. The van der Waals surface area contributed by atoms with E-state index in [0.29, 0.717) is 4.47 Å². The highest BCUT2D eigenvalue weighted by molar-refractivity contribution is 9.10. The number of carbonyl (C=O) groups excluding carboxylic acids is 1. The van der Waals surface area contributed by atoms with Crippen LogP contribution in [0.15, 0.2) is 22.7 Å². The fourth-order valence-corrected chi connectivity index (χ4v) is 1.57. The summed E-state index contributed by atoms with van der Waals surface area (Å²) in [6.07, 6.45) is -2.61. The van der Waals surface area contributed by atoms with Crippen LogP contribution in [0.3, 0.4) is 0 Å². The molecule has 0 aliphatic heterocycles. The monoisotopic (exact) mass is 295 g/mol. The maximum absolute atomic E-state index is 12.9. The molecule has 0 spiro atoms. The van der Waals surface area contributed by atoms with E-state index in [4.69, 9.17) is 0 Å². The van der Waals surface area contributed by atoms with Crippen molar-refractivity contribution in [3.05, 3.63) is 34.1 Å². The molecule has 88 valence electrons. The molecule has 0 aliphatic rings. The number of nitrogens with zero attached hydrogens (tertiary/aromatic N) is 1. The van der Waals surface area contributed by atoms with Crippen LogP contribution in [0.2, 0.25) is 0 Å². The summed E-state index contributed by atoms with van der Waals surface area (Å²) >= 11 is 3.06. The third-order valence-electron chi connectivity index (χ3n) is 1.92. The summed E-state index contributed by atoms with van der Waals surface area (Å²) in [5.41, 5.74) is 0.0307. The number of benzene rings is 1. The van der Waals surface area contributed by atoms with Crippen LogP contribution in [0.25, 0.3) is 0 Å². The van der Waals surface area contributed by atoms with E-state index in [-0.39, 0.29) is 5.56 Å². The average molecular weight is 296 g/mol. The number of amides is 1. The van der Waals surface area contributed by atoms with Crippen molar-refractivity contribution < 1.29 is 18.0 Å². The SMILES string of the molecule is CN(CC(F)F)C(=O)c1cc(F)ccc1Br. The Balaban J connectivity index is 2.91. The summed E-state index contributed by atoms with van der Waals surface area (Å²) in [6, 6.07) is 3.54. The van der Waals surface area contributed by atoms with Gasteiger partial charge in [-0.25, -0.2) is 13.2 Å². The summed E-state index contributed by atoms with van der Waals surface area (Å²) in [5.74, 6) is -1.23. The van der Waals surface area contributed by atoms with Crippen LogP contribution in [-0.4, -0.2) is 30.8 Å². The first-order valence-corrected chi connectivity index (χ1v) is 5.19. The van der Waals surface area contributed by atoms with Crippen molar-refractivity contribution in [2.24, 2.45) is 0 Å². The maximum atomic E-state index is 12.9. The van der Waals surface area contributed by atoms with E-state index in [1.165, 1.54) is 19.2 Å². The van der Waals surface area contributed by atoms with Gasteiger partial charge in [-0.2, -0.15) is 0 Å². The number of hydrogen-bond acceptors (Lipinski definition) is 1. The van der Waals surface area contributed by atoms with Gasteiger partial charge in [0.15, 0.2) is 0 Å². The van der Waals surface area contributed by atoms with Gasteiger partial charge in [0.25, 0.3) is 12.3 Å². The van der Waals surface area contributed by atoms with Crippen molar-refractivity contribution in [1.29, 1.82) is 0 Å². The van der Waals surface area contributed by atoms with Gasteiger partial charge >= 0.3 is 0 Å². The van der Waals surface area contributed by atoms with E-state index in [2.05, 4.69) is 15.9 Å². The van der Waals surface area contributed by atoms with E-state index in [0.717, 1.165) is 11.0 Å². The largest absolute Gasteiger partial charge is 0.336 e. The molecule has 0 aromatic heterocycles. The highest BCUT2D eigenvalue weighted by Crippen LogP contribution is 2.19. The number of hydrogen-bond donors (Lipinski definition) is 0. The van der Waals surface area contributed by atoms with E-state index < -0.39 is 24.7 Å². The van der Waals surface area contributed by atoms with Gasteiger partial charge in [-0.1, -0.05) is 0 Å². The maximum Gasteiger partial charge on any atom is 0.255 e. The summed E-state index contributed by atoms with van der Waals surface area (Å²) in [5, 5.41) is 0. The van der Waals surface area contributed by atoms with Gasteiger partial charge in [0, 0.05) is 11.5 Å². The molecule has 6 heteroatoms. The summed E-state index contributed by atoms with van der Waals surface area (Å²) in [7, 11) is 1.24. The van der Waals surface area contributed by atoms with Gasteiger partial charge in [0.05, 0.1) is 12.1 Å². The van der Waals surface area contributed by atoms with E-state index in [1.807, 2.05) is 0 Å². The first-order chi connectivity index (χ1) is 7.41. The predicted octanol–water partition coefficient (Wildman–Crippen LogP) is 2.93. The Hall–Kier alpha value is -1.04. The molecule has 1 amide bonds. The van der Waals surface area contributed by atoms with Crippen LogP contribution in [-0.2, 0) is 0 Å². The van der Waals surface area contributed by atoms with Gasteiger partial charge in [-0.15, -0.1) is 0 Å². The minimum atomic E-state index is -2.61. The molecule has 0 saturated heterocycles. The third kappa shape index (κ3) is 3.23. The Labute approximate surface area is 99.2 Å². The fourth-order valence-electron chi connectivity index (χ4n) is 1.16. The lowest BCUT2D eigenvalue weighted by Crippen LogP contribution is -2.31. The molecule has 0 unspecified atom stereocenters. The fraction of sp³-hybridized carbons (Fsp3) is 0.300. The molecule has 0 atom stereocenters. The molecule has 0 N–H and O–H groups in total. The zero-order valence-corrected chi connectivity index (χ0v) is 9.97. The minimum absolute atomic E-state index is 0.0307. The van der Waals surface area contributed by atoms with Gasteiger partial charge in [-0.05, 0) is 34.1 Å². The predicted molar refractivity (Wildman–Crippen MR) is 57.1 cm³/mol. The van der Waals surface area contributed by atoms with Crippen molar-refractivity contribution in [3.63, 3.8) is 0 Å². The lowest BCUT2D eigenvalue weighted by molar-refractivity contribution is 0.0619. The summed E-state index contributed by atoms with van der Waals surface area (Å²) in [4.78, 5) is 12.5. The Bertz CT molecular complexity index is 398. The standard InChI is InChI=1S/C10H9BrF3NO/c1-15(5-9(13)14)10(16)7-4-6(12)2-3-8(7)11/h2-4,9H,5H2,1H3. The average Bonchev–Trinajstić information content (AvgIpc) is 2.19. The first-order valence-electron chi connectivity index (χ1n) is 4.40. The molecule has 16 heavy (non-hydrogen) atoms. The van der Waals surface area contributed by atoms with Gasteiger partial charge in [0.1, 0.15) is 5.82 Å². The smallest absolute Gasteiger partial charge is 0.255 e. The van der Waals surface area contributed by atoms with Crippen molar-refractivity contribution >= 4 is 21.8 Å². The molecule has 0 heterocycles. The van der Waals surface area contributed by atoms with E-state index in [9.17, 15) is 18.0 Å². The molecule has 0 saturated carbocycles. The van der Waals surface area contributed by atoms with Crippen LogP contribution in [0.5, 0.6) is 0 Å². The van der Waals surface area contributed by atoms with Crippen LogP contribution < -0.4 is 0 Å². The van der Waals surface area contributed by atoms with Crippen LogP contribution in [0.1, 0.15) is 10.4 Å². The Morgan fingerprint density at radius 2 is 2.12 bits per heavy atom. The van der Waals surface area contributed by atoms with Crippen molar-refractivity contribution in [2.75, 3.05) is 13.6 Å². The van der Waals surface area contributed by atoms with Crippen LogP contribution in [0.4, 0.5) is 13.2 Å². The molecule has 2 nitrogen and oxygen atoms in total. The Morgan fingerprint density at radius 1 is 1.50 bits per heavy atom. The van der Waals surface area contributed by atoms with E-state index in [1.54, 1.807) is 0 Å². The second-order valence-corrected chi connectivity index (χ2v) is 4.06.